The average Bonchev–Trinajstić information content (AvgIpc) is 3.04. The van der Waals surface area contributed by atoms with Crippen molar-refractivity contribution in [3.63, 3.8) is 0 Å². The summed E-state index contributed by atoms with van der Waals surface area (Å²) in [5.41, 5.74) is 0.728. The summed E-state index contributed by atoms with van der Waals surface area (Å²) in [7, 11) is 0. The van der Waals surface area contributed by atoms with Crippen LogP contribution in [0.5, 0.6) is 0 Å². The van der Waals surface area contributed by atoms with Crippen LogP contribution in [0.2, 0.25) is 0 Å². The molecule has 0 radical (unpaired) electrons. The van der Waals surface area contributed by atoms with E-state index in [4.69, 9.17) is 9.63 Å². The Morgan fingerprint density at radius 2 is 2.30 bits per heavy atom. The lowest BCUT2D eigenvalue weighted by atomic mass is 10.3. The van der Waals surface area contributed by atoms with E-state index < -0.39 is 5.97 Å². The quantitative estimate of drug-likeness (QED) is 0.846. The van der Waals surface area contributed by atoms with Gasteiger partial charge >= 0.3 is 5.97 Å². The van der Waals surface area contributed by atoms with Crippen molar-refractivity contribution in [2.24, 2.45) is 0 Å². The lowest BCUT2D eigenvalue weighted by Crippen LogP contribution is -2.07. The molecule has 2 aromatic rings. The molecular formula is C12H13N3O4S. The van der Waals surface area contributed by atoms with Crippen LogP contribution in [-0.4, -0.2) is 27.1 Å². The van der Waals surface area contributed by atoms with Crippen LogP contribution < -0.4 is 5.32 Å². The fourth-order valence-corrected chi connectivity index (χ4v) is 2.23. The van der Waals surface area contributed by atoms with Gasteiger partial charge in [0.2, 0.25) is 17.6 Å². The van der Waals surface area contributed by atoms with E-state index in [1.807, 2.05) is 0 Å². The Hall–Kier alpha value is -2.22. The molecule has 7 nitrogen and oxygen atoms in total. The smallest absolute Gasteiger partial charge is 0.303 e. The van der Waals surface area contributed by atoms with Gasteiger partial charge < -0.3 is 14.9 Å². The first-order valence-electron chi connectivity index (χ1n) is 6.01. The normalized spacial score (nSPS) is 10.4. The van der Waals surface area contributed by atoms with Crippen LogP contribution in [-0.2, 0) is 16.0 Å². The zero-order valence-corrected chi connectivity index (χ0v) is 11.6. The number of hydrogen-bond donors (Lipinski definition) is 2. The number of amides is 1. The van der Waals surface area contributed by atoms with Crippen molar-refractivity contribution in [2.45, 2.75) is 26.2 Å². The Bertz CT molecular complexity index is 620. The van der Waals surface area contributed by atoms with Crippen molar-refractivity contribution >= 4 is 28.2 Å². The number of carbonyl (C=O) groups excluding carboxylic acids is 1. The van der Waals surface area contributed by atoms with Crippen molar-refractivity contribution in [2.75, 3.05) is 5.32 Å². The number of rotatable bonds is 6. The summed E-state index contributed by atoms with van der Waals surface area (Å²) < 4.78 is 4.97. The Kier molecular flexibility index (Phi) is 4.46. The van der Waals surface area contributed by atoms with E-state index in [-0.39, 0.29) is 24.6 Å². The van der Waals surface area contributed by atoms with Gasteiger partial charge in [0.05, 0.1) is 11.4 Å². The van der Waals surface area contributed by atoms with E-state index >= 15 is 0 Å². The van der Waals surface area contributed by atoms with Crippen LogP contribution in [0.1, 0.15) is 25.7 Å². The molecule has 2 N–H and O–H groups in total. The monoisotopic (exact) mass is 295 g/mol. The molecule has 0 aromatic carbocycles. The second-order valence-corrected chi connectivity index (χ2v) is 4.92. The minimum atomic E-state index is -0.912. The van der Waals surface area contributed by atoms with Crippen LogP contribution in [0.3, 0.4) is 0 Å². The summed E-state index contributed by atoms with van der Waals surface area (Å²) in [6.45, 7) is 1.78. The van der Waals surface area contributed by atoms with Gasteiger partial charge in [-0.1, -0.05) is 12.1 Å². The molecule has 8 heteroatoms. The number of carboxylic acids is 1. The van der Waals surface area contributed by atoms with Crippen LogP contribution >= 0.6 is 11.3 Å². The number of nitrogens with one attached hydrogen (secondary N) is 1. The molecule has 2 aromatic heterocycles. The molecule has 0 atom stereocenters. The van der Waals surface area contributed by atoms with Crippen molar-refractivity contribution < 1.29 is 19.2 Å². The third-order valence-corrected chi connectivity index (χ3v) is 3.31. The molecule has 0 fully saturated rings. The van der Waals surface area contributed by atoms with Gasteiger partial charge in [-0.3, -0.25) is 9.59 Å². The summed E-state index contributed by atoms with van der Waals surface area (Å²) in [4.78, 5) is 25.8. The van der Waals surface area contributed by atoms with E-state index in [9.17, 15) is 9.59 Å². The zero-order chi connectivity index (χ0) is 14.5. The Morgan fingerprint density at radius 1 is 1.50 bits per heavy atom. The predicted molar refractivity (Wildman–Crippen MR) is 72.5 cm³/mol. The first kappa shape index (κ1) is 14.2. The van der Waals surface area contributed by atoms with Gasteiger partial charge in [-0.15, -0.1) is 11.3 Å². The molecule has 0 spiro atoms. The molecule has 0 saturated heterocycles. The fraction of sp³-hybridized carbons (Fsp3) is 0.333. The molecule has 0 aliphatic rings. The highest BCUT2D eigenvalue weighted by Gasteiger charge is 2.12. The van der Waals surface area contributed by atoms with Crippen LogP contribution in [0.4, 0.5) is 5.00 Å². The van der Waals surface area contributed by atoms with Gasteiger partial charge in [0.25, 0.3) is 0 Å². The lowest BCUT2D eigenvalue weighted by Gasteiger charge is -1.96. The minimum absolute atomic E-state index is 0.0525. The molecule has 106 valence electrons. The van der Waals surface area contributed by atoms with Crippen LogP contribution in [0, 0.1) is 0 Å². The maximum absolute atomic E-state index is 11.3. The molecule has 2 heterocycles. The van der Waals surface area contributed by atoms with Crippen LogP contribution in [0.25, 0.3) is 11.4 Å². The molecule has 0 aliphatic carbocycles. The molecule has 20 heavy (non-hydrogen) atoms. The number of aliphatic carboxylic acids is 1. The fourth-order valence-electron chi connectivity index (χ4n) is 1.43. The number of carboxylic acid groups (broad SMARTS) is 1. The first-order chi connectivity index (χ1) is 9.58. The van der Waals surface area contributed by atoms with Crippen molar-refractivity contribution in [1.82, 2.24) is 10.1 Å². The Balaban J connectivity index is 2.04. The number of aryl methyl sites for hydroxylation is 1. The Labute approximate surface area is 118 Å². The third kappa shape index (κ3) is 3.64. The zero-order valence-electron chi connectivity index (χ0n) is 10.8. The van der Waals surface area contributed by atoms with Crippen molar-refractivity contribution in [1.29, 1.82) is 0 Å². The number of carbonyl (C=O) groups is 2. The first-order valence-corrected chi connectivity index (χ1v) is 6.89. The van der Waals surface area contributed by atoms with E-state index in [2.05, 4.69) is 15.5 Å². The number of anilines is 1. The average molecular weight is 295 g/mol. The van der Waals surface area contributed by atoms with Gasteiger partial charge in [-0.05, 0) is 6.07 Å². The van der Waals surface area contributed by atoms with Gasteiger partial charge in [0.15, 0.2) is 0 Å². The minimum Gasteiger partial charge on any atom is -0.481 e. The SMILES string of the molecule is CCC(=O)Nc1cc(-c2noc(CCC(=O)O)n2)cs1. The molecule has 1 amide bonds. The predicted octanol–water partition coefficient (Wildman–Crippen LogP) is 2.16. The largest absolute Gasteiger partial charge is 0.481 e. The van der Waals surface area contributed by atoms with Crippen LogP contribution in [0.15, 0.2) is 16.0 Å². The van der Waals surface area contributed by atoms with E-state index in [0.717, 1.165) is 5.56 Å². The molecular weight excluding hydrogens is 282 g/mol. The van der Waals surface area contributed by atoms with E-state index in [1.165, 1.54) is 11.3 Å². The second-order valence-electron chi connectivity index (χ2n) is 4.01. The van der Waals surface area contributed by atoms with Gasteiger partial charge in [0, 0.05) is 23.8 Å². The number of thiophene rings is 1. The standard InChI is InChI=1S/C12H13N3O4S/c1-2-8(16)13-10-5-7(6-20-10)12-14-9(19-15-12)3-4-11(17)18/h5-6H,2-4H2,1H3,(H,13,16)(H,17,18). The summed E-state index contributed by atoms with van der Waals surface area (Å²) in [5, 5.41) is 17.6. The van der Waals surface area contributed by atoms with Crippen molar-refractivity contribution in [3.05, 3.63) is 17.3 Å². The molecule has 0 saturated carbocycles. The summed E-state index contributed by atoms with van der Waals surface area (Å²) in [6.07, 6.45) is 0.559. The highest BCUT2D eigenvalue weighted by atomic mass is 32.1. The number of hydrogen-bond acceptors (Lipinski definition) is 6. The summed E-state index contributed by atoms with van der Waals surface area (Å²) in [5.74, 6) is -0.301. The molecule has 0 unspecified atom stereocenters. The summed E-state index contributed by atoms with van der Waals surface area (Å²) in [6, 6.07) is 1.75. The lowest BCUT2D eigenvalue weighted by molar-refractivity contribution is -0.137. The van der Waals surface area contributed by atoms with E-state index in [0.29, 0.717) is 17.2 Å². The van der Waals surface area contributed by atoms with Gasteiger partial charge in [-0.2, -0.15) is 4.98 Å². The van der Waals surface area contributed by atoms with Gasteiger partial charge in [-0.25, -0.2) is 0 Å². The highest BCUT2D eigenvalue weighted by Crippen LogP contribution is 2.27. The summed E-state index contributed by atoms with van der Waals surface area (Å²) >= 11 is 1.37. The highest BCUT2D eigenvalue weighted by molar-refractivity contribution is 7.14. The number of nitrogens with zero attached hydrogens (tertiary/aromatic N) is 2. The second kappa shape index (κ2) is 6.29. The van der Waals surface area contributed by atoms with E-state index in [1.54, 1.807) is 18.4 Å². The van der Waals surface area contributed by atoms with Crippen molar-refractivity contribution in [3.8, 4) is 11.4 Å². The third-order valence-electron chi connectivity index (χ3n) is 2.46. The maximum atomic E-state index is 11.3. The molecule has 0 aliphatic heterocycles. The molecule has 0 bridgehead atoms. The maximum Gasteiger partial charge on any atom is 0.303 e. The number of aromatic nitrogens is 2. The molecule has 2 rings (SSSR count). The Morgan fingerprint density at radius 3 is 3.00 bits per heavy atom. The van der Waals surface area contributed by atoms with Gasteiger partial charge in [0.1, 0.15) is 0 Å². The topological polar surface area (TPSA) is 105 Å².